The van der Waals surface area contributed by atoms with E-state index in [9.17, 15) is 0 Å². The SMILES string of the molecule is COc1ccccc1-c1nc2c(N)cc(C)cn2n1. The second kappa shape index (κ2) is 4.28. The number of methoxy groups -OCH3 is 1. The number of pyridine rings is 1. The quantitative estimate of drug-likeness (QED) is 0.762. The summed E-state index contributed by atoms with van der Waals surface area (Å²) in [6, 6.07) is 9.54. The maximum Gasteiger partial charge on any atom is 0.185 e. The van der Waals surface area contributed by atoms with E-state index in [0.29, 0.717) is 17.2 Å². The van der Waals surface area contributed by atoms with Crippen molar-refractivity contribution in [1.29, 1.82) is 0 Å². The molecule has 0 unspecified atom stereocenters. The van der Waals surface area contributed by atoms with Gasteiger partial charge in [-0.1, -0.05) is 12.1 Å². The maximum absolute atomic E-state index is 5.96. The number of nitrogens with two attached hydrogens (primary N) is 1. The second-order valence-electron chi connectivity index (χ2n) is 4.38. The average molecular weight is 254 g/mol. The van der Waals surface area contributed by atoms with E-state index in [1.54, 1.807) is 11.6 Å². The Labute approximate surface area is 110 Å². The van der Waals surface area contributed by atoms with Crippen LogP contribution >= 0.6 is 0 Å². The van der Waals surface area contributed by atoms with Crippen molar-refractivity contribution < 1.29 is 4.74 Å². The number of aromatic nitrogens is 3. The molecular weight excluding hydrogens is 240 g/mol. The highest BCUT2D eigenvalue weighted by Gasteiger charge is 2.12. The van der Waals surface area contributed by atoms with E-state index >= 15 is 0 Å². The number of benzene rings is 1. The van der Waals surface area contributed by atoms with Gasteiger partial charge in [-0.3, -0.25) is 0 Å². The lowest BCUT2D eigenvalue weighted by atomic mass is 10.2. The zero-order chi connectivity index (χ0) is 13.4. The summed E-state index contributed by atoms with van der Waals surface area (Å²) in [5.41, 5.74) is 9.14. The van der Waals surface area contributed by atoms with Crippen LogP contribution in [0.25, 0.3) is 17.0 Å². The van der Waals surface area contributed by atoms with Crippen LogP contribution in [0.3, 0.4) is 0 Å². The number of aryl methyl sites for hydroxylation is 1. The molecule has 0 radical (unpaired) electrons. The van der Waals surface area contributed by atoms with Gasteiger partial charge in [-0.25, -0.2) is 9.50 Å². The molecule has 0 spiro atoms. The van der Waals surface area contributed by atoms with Gasteiger partial charge in [0.25, 0.3) is 0 Å². The Kier molecular flexibility index (Phi) is 2.59. The summed E-state index contributed by atoms with van der Waals surface area (Å²) in [7, 11) is 1.63. The first kappa shape index (κ1) is 11.5. The van der Waals surface area contributed by atoms with Crippen LogP contribution in [0.15, 0.2) is 36.5 Å². The molecule has 0 saturated carbocycles. The van der Waals surface area contributed by atoms with Gasteiger partial charge in [-0.05, 0) is 30.7 Å². The predicted octanol–water partition coefficient (Wildman–Crippen LogP) is 2.30. The summed E-state index contributed by atoms with van der Waals surface area (Å²) < 4.78 is 7.03. The van der Waals surface area contributed by atoms with Crippen molar-refractivity contribution in [3.05, 3.63) is 42.1 Å². The zero-order valence-electron chi connectivity index (χ0n) is 10.8. The molecule has 2 N–H and O–H groups in total. The van der Waals surface area contributed by atoms with Crippen LogP contribution in [0.2, 0.25) is 0 Å². The topological polar surface area (TPSA) is 65.4 Å². The van der Waals surface area contributed by atoms with Crippen molar-refractivity contribution in [2.45, 2.75) is 6.92 Å². The lowest BCUT2D eigenvalue weighted by Crippen LogP contribution is -1.94. The van der Waals surface area contributed by atoms with Crippen molar-refractivity contribution in [3.63, 3.8) is 0 Å². The fourth-order valence-corrected chi connectivity index (χ4v) is 2.09. The summed E-state index contributed by atoms with van der Waals surface area (Å²) >= 11 is 0. The van der Waals surface area contributed by atoms with E-state index < -0.39 is 0 Å². The van der Waals surface area contributed by atoms with E-state index in [4.69, 9.17) is 10.5 Å². The summed E-state index contributed by atoms with van der Waals surface area (Å²) in [6.07, 6.45) is 1.90. The first-order valence-corrected chi connectivity index (χ1v) is 5.95. The minimum Gasteiger partial charge on any atom is -0.496 e. The number of fused-ring (bicyclic) bond motifs is 1. The largest absolute Gasteiger partial charge is 0.496 e. The number of hydrogen-bond acceptors (Lipinski definition) is 4. The second-order valence-corrected chi connectivity index (χ2v) is 4.38. The molecule has 3 aromatic rings. The lowest BCUT2D eigenvalue weighted by molar-refractivity contribution is 0.416. The molecule has 0 amide bonds. The van der Waals surface area contributed by atoms with Gasteiger partial charge in [0.05, 0.1) is 18.4 Å². The monoisotopic (exact) mass is 254 g/mol. The van der Waals surface area contributed by atoms with Crippen LogP contribution in [-0.2, 0) is 0 Å². The van der Waals surface area contributed by atoms with Crippen molar-refractivity contribution in [3.8, 4) is 17.1 Å². The smallest absolute Gasteiger partial charge is 0.185 e. The van der Waals surface area contributed by atoms with Gasteiger partial charge < -0.3 is 10.5 Å². The van der Waals surface area contributed by atoms with Gasteiger partial charge in [0, 0.05) is 6.20 Å². The molecule has 0 fully saturated rings. The van der Waals surface area contributed by atoms with Gasteiger partial charge in [-0.15, -0.1) is 5.10 Å². The van der Waals surface area contributed by atoms with Crippen molar-refractivity contribution in [1.82, 2.24) is 14.6 Å². The average Bonchev–Trinajstić information content (AvgIpc) is 2.82. The minimum absolute atomic E-state index is 0.606. The molecule has 0 aliphatic carbocycles. The molecular formula is C14H14N4O. The van der Waals surface area contributed by atoms with Crippen LogP contribution in [0.5, 0.6) is 5.75 Å². The van der Waals surface area contributed by atoms with E-state index in [0.717, 1.165) is 16.9 Å². The zero-order valence-corrected chi connectivity index (χ0v) is 10.8. The molecule has 1 aromatic carbocycles. The molecule has 0 aliphatic heterocycles. The predicted molar refractivity (Wildman–Crippen MR) is 74.1 cm³/mol. The standard InChI is InChI=1S/C14H14N4O/c1-9-7-11(15)14-16-13(17-18(14)8-9)10-5-3-4-6-12(10)19-2/h3-8H,15H2,1-2H3. The molecule has 5 heteroatoms. The Balaban J connectivity index is 2.23. The van der Waals surface area contributed by atoms with Crippen LogP contribution in [0, 0.1) is 6.92 Å². The molecule has 3 rings (SSSR count). The highest BCUT2D eigenvalue weighted by atomic mass is 16.5. The number of nitrogen functional groups attached to an aromatic ring is 1. The number of anilines is 1. The van der Waals surface area contributed by atoms with E-state index in [2.05, 4.69) is 10.1 Å². The Hall–Kier alpha value is -2.56. The van der Waals surface area contributed by atoms with E-state index in [-0.39, 0.29) is 0 Å². The molecule has 96 valence electrons. The first-order valence-electron chi connectivity index (χ1n) is 5.95. The first-order chi connectivity index (χ1) is 9.19. The molecule has 2 heterocycles. The van der Waals surface area contributed by atoms with E-state index in [1.807, 2.05) is 43.5 Å². The fourth-order valence-electron chi connectivity index (χ4n) is 2.09. The third-order valence-electron chi connectivity index (χ3n) is 2.95. The van der Waals surface area contributed by atoms with Crippen molar-refractivity contribution in [2.75, 3.05) is 12.8 Å². The summed E-state index contributed by atoms with van der Waals surface area (Å²) in [4.78, 5) is 4.48. The van der Waals surface area contributed by atoms with Gasteiger partial charge in [0.15, 0.2) is 11.5 Å². The Morgan fingerprint density at radius 2 is 2.05 bits per heavy atom. The van der Waals surface area contributed by atoms with Gasteiger partial charge >= 0.3 is 0 Å². The Morgan fingerprint density at radius 3 is 2.84 bits per heavy atom. The van der Waals surface area contributed by atoms with Gasteiger partial charge in [-0.2, -0.15) is 0 Å². The molecule has 2 aromatic heterocycles. The fraction of sp³-hybridized carbons (Fsp3) is 0.143. The number of ether oxygens (including phenoxy) is 1. The molecule has 19 heavy (non-hydrogen) atoms. The molecule has 0 bridgehead atoms. The Morgan fingerprint density at radius 1 is 1.26 bits per heavy atom. The molecule has 0 atom stereocenters. The highest BCUT2D eigenvalue weighted by Crippen LogP contribution is 2.28. The molecule has 5 nitrogen and oxygen atoms in total. The third-order valence-corrected chi connectivity index (χ3v) is 2.95. The number of rotatable bonds is 2. The van der Waals surface area contributed by atoms with Crippen LogP contribution in [0.1, 0.15) is 5.56 Å². The molecule has 0 saturated heterocycles. The van der Waals surface area contributed by atoms with Crippen molar-refractivity contribution in [2.24, 2.45) is 0 Å². The highest BCUT2D eigenvalue weighted by molar-refractivity contribution is 5.71. The minimum atomic E-state index is 0.606. The third kappa shape index (κ3) is 1.89. The number of nitrogens with zero attached hydrogens (tertiary/aromatic N) is 3. The number of hydrogen-bond donors (Lipinski definition) is 1. The summed E-state index contributed by atoms with van der Waals surface area (Å²) in [5, 5.41) is 4.46. The maximum atomic E-state index is 5.96. The Bertz CT molecular complexity index is 748. The lowest BCUT2D eigenvalue weighted by Gasteiger charge is -2.03. The van der Waals surface area contributed by atoms with Crippen LogP contribution in [0.4, 0.5) is 5.69 Å². The van der Waals surface area contributed by atoms with E-state index in [1.165, 1.54) is 0 Å². The van der Waals surface area contributed by atoms with Crippen molar-refractivity contribution >= 4 is 11.3 Å². The number of para-hydroxylation sites is 1. The van der Waals surface area contributed by atoms with Gasteiger partial charge in [0.1, 0.15) is 5.75 Å². The summed E-state index contributed by atoms with van der Waals surface area (Å²) in [6.45, 7) is 1.97. The van der Waals surface area contributed by atoms with Gasteiger partial charge in [0.2, 0.25) is 0 Å². The van der Waals surface area contributed by atoms with Crippen LogP contribution < -0.4 is 10.5 Å². The van der Waals surface area contributed by atoms with Crippen LogP contribution in [-0.4, -0.2) is 21.7 Å². The normalized spacial score (nSPS) is 10.8. The molecule has 0 aliphatic rings. The summed E-state index contributed by atoms with van der Waals surface area (Å²) in [5.74, 6) is 1.35.